The van der Waals surface area contributed by atoms with Gasteiger partial charge in [-0.2, -0.15) is 12.6 Å². The monoisotopic (exact) mass is 211 g/mol. The third-order valence-electron chi connectivity index (χ3n) is 2.07. The van der Waals surface area contributed by atoms with E-state index in [1.807, 2.05) is 11.8 Å². The molecule has 0 bridgehead atoms. The highest BCUT2D eigenvalue weighted by atomic mass is 32.2. The van der Waals surface area contributed by atoms with Crippen LogP contribution in [0.15, 0.2) is 29.2 Å². The van der Waals surface area contributed by atoms with E-state index in [1.165, 1.54) is 10.6 Å². The van der Waals surface area contributed by atoms with Gasteiger partial charge in [0, 0.05) is 16.7 Å². The summed E-state index contributed by atoms with van der Waals surface area (Å²) in [4.78, 5) is 3.79. The molecule has 1 atom stereocenters. The Kier molecular flexibility index (Phi) is 2.74. The number of anilines is 1. The molecule has 1 aliphatic heterocycles. The van der Waals surface area contributed by atoms with Crippen molar-refractivity contribution in [2.24, 2.45) is 0 Å². The lowest BCUT2D eigenvalue weighted by atomic mass is 10.3. The normalized spacial score (nSPS) is 17.2. The molecular formula is C10H13NS2. The minimum atomic E-state index is 0.437. The highest BCUT2D eigenvalue weighted by molar-refractivity contribution is 7.99. The number of hydrogen-bond donors (Lipinski definition) is 1. The summed E-state index contributed by atoms with van der Waals surface area (Å²) in [5.74, 6) is 1.07. The predicted octanol–water partition coefficient (Wildman–Crippen LogP) is 2.87. The molecule has 0 spiro atoms. The van der Waals surface area contributed by atoms with E-state index in [-0.39, 0.29) is 0 Å². The molecule has 0 saturated heterocycles. The Labute approximate surface area is 88.9 Å². The van der Waals surface area contributed by atoms with Gasteiger partial charge in [0.25, 0.3) is 0 Å². The minimum absolute atomic E-state index is 0.437. The van der Waals surface area contributed by atoms with Crippen LogP contribution in [0.5, 0.6) is 0 Å². The molecule has 1 aromatic carbocycles. The number of para-hydroxylation sites is 1. The summed E-state index contributed by atoms with van der Waals surface area (Å²) in [7, 11) is 0. The molecule has 1 aliphatic rings. The lowest BCUT2D eigenvalue weighted by Gasteiger charge is -2.19. The number of benzene rings is 1. The molecule has 1 heterocycles. The smallest absolute Gasteiger partial charge is 0.0687 e. The summed E-state index contributed by atoms with van der Waals surface area (Å²) in [5.41, 5.74) is 1.37. The zero-order valence-corrected chi connectivity index (χ0v) is 9.31. The van der Waals surface area contributed by atoms with Gasteiger partial charge in [-0.25, -0.2) is 0 Å². The Bertz CT molecular complexity index is 299. The fraction of sp³-hybridized carbons (Fsp3) is 0.400. The van der Waals surface area contributed by atoms with Crippen molar-refractivity contribution >= 4 is 30.1 Å². The molecule has 0 unspecified atom stereocenters. The van der Waals surface area contributed by atoms with Gasteiger partial charge in [-0.15, -0.1) is 11.8 Å². The Morgan fingerprint density at radius 2 is 2.31 bits per heavy atom. The zero-order chi connectivity index (χ0) is 9.26. The maximum atomic E-state index is 4.41. The van der Waals surface area contributed by atoms with Crippen LogP contribution >= 0.6 is 24.4 Å². The standard InChI is InChI=1S/C10H13NS2/c1-8(12)6-11-7-13-10-5-3-2-4-9(10)11/h2-5,8,12H,6-7H2,1H3/t8-/m0/s1. The molecule has 1 aromatic rings. The summed E-state index contributed by atoms with van der Waals surface area (Å²) in [6.07, 6.45) is 0. The van der Waals surface area contributed by atoms with Crippen molar-refractivity contribution in [2.45, 2.75) is 17.1 Å². The zero-order valence-electron chi connectivity index (χ0n) is 7.60. The van der Waals surface area contributed by atoms with E-state index in [4.69, 9.17) is 0 Å². The lowest BCUT2D eigenvalue weighted by Crippen LogP contribution is -2.25. The van der Waals surface area contributed by atoms with Crippen LogP contribution in [0.4, 0.5) is 5.69 Å². The first kappa shape index (κ1) is 9.28. The second kappa shape index (κ2) is 3.84. The third-order valence-corrected chi connectivity index (χ3v) is 3.33. The van der Waals surface area contributed by atoms with Gasteiger partial charge >= 0.3 is 0 Å². The highest BCUT2D eigenvalue weighted by Gasteiger charge is 2.19. The van der Waals surface area contributed by atoms with Gasteiger partial charge in [0.1, 0.15) is 0 Å². The van der Waals surface area contributed by atoms with Crippen molar-refractivity contribution in [3.05, 3.63) is 24.3 Å². The van der Waals surface area contributed by atoms with E-state index in [0.717, 1.165) is 12.4 Å². The van der Waals surface area contributed by atoms with Gasteiger partial charge < -0.3 is 4.90 Å². The molecule has 70 valence electrons. The van der Waals surface area contributed by atoms with E-state index < -0.39 is 0 Å². The number of rotatable bonds is 2. The van der Waals surface area contributed by atoms with Crippen LogP contribution in [0.25, 0.3) is 0 Å². The second-order valence-corrected chi connectivity index (χ2v) is 5.18. The van der Waals surface area contributed by atoms with E-state index >= 15 is 0 Å². The number of hydrogen-bond acceptors (Lipinski definition) is 3. The van der Waals surface area contributed by atoms with Crippen molar-refractivity contribution in [1.82, 2.24) is 0 Å². The SMILES string of the molecule is C[C@H](S)CN1CSc2ccccc21. The maximum absolute atomic E-state index is 4.41. The van der Waals surface area contributed by atoms with Gasteiger partial charge in [-0.3, -0.25) is 0 Å². The Hall–Kier alpha value is -0.280. The van der Waals surface area contributed by atoms with Crippen LogP contribution in [-0.4, -0.2) is 17.7 Å². The topological polar surface area (TPSA) is 3.24 Å². The Balaban J connectivity index is 2.18. The summed E-state index contributed by atoms with van der Waals surface area (Å²) in [6.45, 7) is 3.17. The van der Waals surface area contributed by atoms with E-state index in [0.29, 0.717) is 5.25 Å². The largest absolute Gasteiger partial charge is 0.360 e. The molecule has 0 aliphatic carbocycles. The predicted molar refractivity (Wildman–Crippen MR) is 63.0 cm³/mol. The minimum Gasteiger partial charge on any atom is -0.360 e. The van der Waals surface area contributed by atoms with Crippen LogP contribution in [0.1, 0.15) is 6.92 Å². The fourth-order valence-electron chi connectivity index (χ4n) is 1.53. The van der Waals surface area contributed by atoms with Crippen molar-refractivity contribution in [3.63, 3.8) is 0 Å². The van der Waals surface area contributed by atoms with Crippen LogP contribution < -0.4 is 4.90 Å². The Morgan fingerprint density at radius 1 is 1.54 bits per heavy atom. The average Bonchev–Trinajstić information content (AvgIpc) is 2.48. The van der Waals surface area contributed by atoms with Gasteiger partial charge in [0.05, 0.1) is 11.6 Å². The maximum Gasteiger partial charge on any atom is 0.0687 e. The molecule has 2 rings (SSSR count). The summed E-state index contributed by atoms with van der Waals surface area (Å²) in [5, 5.41) is 0.437. The molecule has 1 nitrogen and oxygen atoms in total. The summed E-state index contributed by atoms with van der Waals surface area (Å²) >= 11 is 6.32. The molecule has 0 saturated carbocycles. The first-order valence-corrected chi connectivity index (χ1v) is 5.92. The van der Waals surface area contributed by atoms with Gasteiger partial charge in [0.15, 0.2) is 0 Å². The van der Waals surface area contributed by atoms with Gasteiger partial charge in [0.2, 0.25) is 0 Å². The summed E-state index contributed by atoms with van der Waals surface area (Å²) < 4.78 is 0. The molecule has 0 radical (unpaired) electrons. The molecule has 0 amide bonds. The second-order valence-electron chi connectivity index (χ2n) is 3.31. The molecule has 0 fully saturated rings. The number of thiol groups is 1. The summed E-state index contributed by atoms with van der Waals surface area (Å²) in [6, 6.07) is 8.56. The van der Waals surface area contributed by atoms with Crippen molar-refractivity contribution in [3.8, 4) is 0 Å². The molecule has 0 aromatic heterocycles. The van der Waals surface area contributed by atoms with E-state index in [1.54, 1.807) is 0 Å². The number of nitrogens with zero attached hydrogens (tertiary/aromatic N) is 1. The lowest BCUT2D eigenvalue weighted by molar-refractivity contribution is 0.861. The van der Waals surface area contributed by atoms with E-state index in [9.17, 15) is 0 Å². The fourth-order valence-corrected chi connectivity index (χ4v) is 2.78. The first-order valence-electron chi connectivity index (χ1n) is 4.42. The van der Waals surface area contributed by atoms with Crippen molar-refractivity contribution in [1.29, 1.82) is 0 Å². The quantitative estimate of drug-likeness (QED) is 0.749. The van der Waals surface area contributed by atoms with Crippen LogP contribution in [0, 0.1) is 0 Å². The van der Waals surface area contributed by atoms with Crippen molar-refractivity contribution in [2.75, 3.05) is 17.3 Å². The van der Waals surface area contributed by atoms with Crippen LogP contribution in [-0.2, 0) is 0 Å². The first-order chi connectivity index (χ1) is 6.27. The third kappa shape index (κ3) is 1.97. The average molecular weight is 211 g/mol. The van der Waals surface area contributed by atoms with Crippen LogP contribution in [0.3, 0.4) is 0 Å². The molecule has 13 heavy (non-hydrogen) atoms. The van der Waals surface area contributed by atoms with E-state index in [2.05, 4.69) is 48.7 Å². The molecule has 0 N–H and O–H groups in total. The van der Waals surface area contributed by atoms with Crippen molar-refractivity contribution < 1.29 is 0 Å². The van der Waals surface area contributed by atoms with Crippen LogP contribution in [0.2, 0.25) is 0 Å². The molecule has 3 heteroatoms. The molecular weight excluding hydrogens is 198 g/mol. The number of thioether (sulfide) groups is 1. The number of fused-ring (bicyclic) bond motifs is 1. The van der Waals surface area contributed by atoms with Gasteiger partial charge in [-0.1, -0.05) is 19.1 Å². The Morgan fingerprint density at radius 3 is 3.08 bits per heavy atom. The van der Waals surface area contributed by atoms with Gasteiger partial charge in [-0.05, 0) is 12.1 Å². The highest BCUT2D eigenvalue weighted by Crippen LogP contribution is 2.37.